The van der Waals surface area contributed by atoms with E-state index >= 15 is 0 Å². The zero-order valence-corrected chi connectivity index (χ0v) is 22.6. The lowest BCUT2D eigenvalue weighted by molar-refractivity contribution is -0.410. The summed E-state index contributed by atoms with van der Waals surface area (Å²) in [6.45, 7) is 9.88. The molecule has 0 aliphatic heterocycles. The second-order valence-corrected chi connectivity index (χ2v) is 8.60. The van der Waals surface area contributed by atoms with Crippen LogP contribution in [0, 0.1) is 0 Å². The van der Waals surface area contributed by atoms with Gasteiger partial charge in [0.05, 0.1) is 33.0 Å². The molecule has 0 rings (SSSR count). The van der Waals surface area contributed by atoms with Crippen molar-refractivity contribution in [2.75, 3.05) is 46.2 Å². The van der Waals surface area contributed by atoms with Crippen LogP contribution in [0.5, 0.6) is 0 Å². The van der Waals surface area contributed by atoms with Crippen molar-refractivity contribution in [2.24, 2.45) is 0 Å². The molecule has 0 saturated heterocycles. The summed E-state index contributed by atoms with van der Waals surface area (Å²) in [5.74, 6) is -3.95. The molecular formula is C25H40N3O11+. The molecule has 0 aromatic heterocycles. The maximum Gasteiger partial charge on any atom is 0.333 e. The summed E-state index contributed by atoms with van der Waals surface area (Å²) in [7, 11) is 0. The van der Waals surface area contributed by atoms with E-state index in [0.29, 0.717) is 18.4 Å². The smallest absolute Gasteiger partial charge is 0.333 e. The molecule has 0 aliphatic carbocycles. The number of amides is 2. The molecule has 0 fully saturated rings. The SMILES string of the molecule is C=C(C)C(=O)OCCCOC[C@H](NC(=O)CCC(=O)CNC(=O)[C@@H]([NH3+])COCCCOC(=O)C(=C)C)C(=O)O. The molecule has 2 atom stereocenters. The van der Waals surface area contributed by atoms with Crippen molar-refractivity contribution in [1.29, 1.82) is 0 Å². The summed E-state index contributed by atoms with van der Waals surface area (Å²) in [5.41, 5.74) is 4.22. The van der Waals surface area contributed by atoms with Crippen LogP contribution in [0.3, 0.4) is 0 Å². The number of nitrogens with one attached hydrogen (secondary N) is 2. The van der Waals surface area contributed by atoms with Crippen LogP contribution in [0.1, 0.15) is 39.5 Å². The fraction of sp³-hybridized carbons (Fsp3) is 0.600. The van der Waals surface area contributed by atoms with Crippen molar-refractivity contribution < 1.29 is 58.6 Å². The fourth-order valence-corrected chi connectivity index (χ4v) is 2.51. The van der Waals surface area contributed by atoms with Gasteiger partial charge in [0.2, 0.25) is 5.91 Å². The van der Waals surface area contributed by atoms with Crippen molar-refractivity contribution in [3.8, 4) is 0 Å². The number of aliphatic carboxylic acids is 1. The predicted octanol–water partition coefficient (Wildman–Crippen LogP) is -1.32. The van der Waals surface area contributed by atoms with Crippen molar-refractivity contribution in [2.45, 2.75) is 51.6 Å². The van der Waals surface area contributed by atoms with Gasteiger partial charge in [0.15, 0.2) is 17.9 Å². The second kappa shape index (κ2) is 20.4. The number of ketones is 1. The molecule has 6 N–H and O–H groups in total. The number of quaternary nitrogens is 1. The summed E-state index contributed by atoms with van der Waals surface area (Å²) < 4.78 is 20.3. The molecule has 0 aliphatic rings. The Labute approximate surface area is 227 Å². The third kappa shape index (κ3) is 18.3. The standard InChI is InChI=1S/C25H39N3O11/c1-16(2)24(34)38-11-5-9-36-14-19(26)22(31)27-13-18(29)7-8-21(30)28-20(23(32)33)15-37-10-6-12-39-25(35)17(3)4/h19-20H,1,3,5-15,26H2,2,4H3,(H,27,31)(H,28,30)(H,32,33)/p+1/t19-,20-/m0/s1. The first kappa shape index (κ1) is 35.4. The molecule has 0 spiro atoms. The van der Waals surface area contributed by atoms with Gasteiger partial charge in [0.25, 0.3) is 5.91 Å². The van der Waals surface area contributed by atoms with Crippen LogP contribution in [-0.2, 0) is 47.7 Å². The molecule has 14 heteroatoms. The molecule has 0 heterocycles. The van der Waals surface area contributed by atoms with Gasteiger partial charge in [-0.2, -0.15) is 0 Å². The van der Waals surface area contributed by atoms with Crippen LogP contribution >= 0.6 is 0 Å². The van der Waals surface area contributed by atoms with E-state index in [9.17, 15) is 33.9 Å². The predicted molar refractivity (Wildman–Crippen MR) is 136 cm³/mol. The molecule has 14 nitrogen and oxygen atoms in total. The van der Waals surface area contributed by atoms with Crippen molar-refractivity contribution in [1.82, 2.24) is 10.6 Å². The zero-order valence-electron chi connectivity index (χ0n) is 22.6. The molecule has 2 amide bonds. The van der Waals surface area contributed by atoms with E-state index in [1.807, 2.05) is 0 Å². The quantitative estimate of drug-likeness (QED) is 0.0695. The number of hydrogen-bond acceptors (Lipinski definition) is 10. The van der Waals surface area contributed by atoms with Gasteiger partial charge < -0.3 is 40.4 Å². The van der Waals surface area contributed by atoms with Crippen LogP contribution in [0.15, 0.2) is 24.3 Å². The van der Waals surface area contributed by atoms with Crippen LogP contribution in [0.2, 0.25) is 0 Å². The Bertz CT molecular complexity index is 888. The number of esters is 2. The third-order valence-corrected chi connectivity index (χ3v) is 4.73. The highest BCUT2D eigenvalue weighted by atomic mass is 16.5. The Morgan fingerprint density at radius 2 is 1.33 bits per heavy atom. The minimum Gasteiger partial charge on any atom is -0.480 e. The average molecular weight is 559 g/mol. The van der Waals surface area contributed by atoms with E-state index in [0.717, 1.165) is 0 Å². The Morgan fingerprint density at radius 3 is 1.82 bits per heavy atom. The summed E-state index contributed by atoms with van der Waals surface area (Å²) in [6.07, 6.45) is 0.263. The second-order valence-electron chi connectivity index (χ2n) is 8.60. The average Bonchev–Trinajstić information content (AvgIpc) is 2.88. The first-order valence-corrected chi connectivity index (χ1v) is 12.3. The van der Waals surface area contributed by atoms with E-state index in [4.69, 9.17) is 18.9 Å². The molecule has 39 heavy (non-hydrogen) atoms. The third-order valence-electron chi connectivity index (χ3n) is 4.73. The Kier molecular flexibility index (Phi) is 18.5. The maximum atomic E-state index is 12.1. The molecule has 220 valence electrons. The van der Waals surface area contributed by atoms with Crippen LogP contribution in [-0.4, -0.2) is 98.9 Å². The van der Waals surface area contributed by atoms with Crippen molar-refractivity contribution >= 4 is 35.5 Å². The van der Waals surface area contributed by atoms with Crippen molar-refractivity contribution in [3.63, 3.8) is 0 Å². The van der Waals surface area contributed by atoms with Crippen LogP contribution in [0.4, 0.5) is 0 Å². The van der Waals surface area contributed by atoms with Gasteiger partial charge in [0.1, 0.15) is 6.61 Å². The molecular weight excluding hydrogens is 518 g/mol. The van der Waals surface area contributed by atoms with E-state index < -0.39 is 47.6 Å². The number of carbonyl (C=O) groups excluding carboxylic acids is 5. The molecule has 0 radical (unpaired) electrons. The van der Waals surface area contributed by atoms with Gasteiger partial charge in [-0.1, -0.05) is 13.2 Å². The number of rotatable bonds is 22. The lowest BCUT2D eigenvalue weighted by Crippen LogP contribution is -2.69. The van der Waals surface area contributed by atoms with Gasteiger partial charge in [-0.15, -0.1) is 0 Å². The minimum atomic E-state index is -1.32. The Hall–Kier alpha value is -3.62. The number of carbonyl (C=O) groups is 6. The molecule has 0 bridgehead atoms. The van der Waals surface area contributed by atoms with Gasteiger partial charge >= 0.3 is 17.9 Å². The minimum absolute atomic E-state index is 0.00481. The zero-order chi connectivity index (χ0) is 29.8. The summed E-state index contributed by atoms with van der Waals surface area (Å²) >= 11 is 0. The van der Waals surface area contributed by atoms with E-state index in [2.05, 4.69) is 29.5 Å². The Morgan fingerprint density at radius 1 is 0.821 bits per heavy atom. The lowest BCUT2D eigenvalue weighted by atomic mass is 10.2. The first-order valence-electron chi connectivity index (χ1n) is 12.3. The summed E-state index contributed by atoms with van der Waals surface area (Å²) in [6, 6.07) is -2.11. The molecule has 0 aromatic rings. The van der Waals surface area contributed by atoms with Crippen molar-refractivity contribution in [3.05, 3.63) is 24.3 Å². The maximum absolute atomic E-state index is 12.1. The van der Waals surface area contributed by atoms with E-state index in [-0.39, 0.29) is 64.6 Å². The molecule has 0 aromatic carbocycles. The van der Waals surface area contributed by atoms with Crippen LogP contribution in [0.25, 0.3) is 0 Å². The van der Waals surface area contributed by atoms with Gasteiger partial charge in [-0.05, 0) is 13.8 Å². The highest BCUT2D eigenvalue weighted by Crippen LogP contribution is 1.98. The molecule has 0 unspecified atom stereocenters. The topological polar surface area (TPSA) is 211 Å². The number of ether oxygens (including phenoxy) is 4. The monoisotopic (exact) mass is 558 g/mol. The largest absolute Gasteiger partial charge is 0.480 e. The normalized spacial score (nSPS) is 12.0. The first-order chi connectivity index (χ1) is 18.3. The van der Waals surface area contributed by atoms with Crippen LogP contribution < -0.4 is 16.4 Å². The summed E-state index contributed by atoms with van der Waals surface area (Å²) in [5, 5.41) is 13.9. The Balaban J connectivity index is 4.09. The highest BCUT2D eigenvalue weighted by Gasteiger charge is 2.21. The number of hydrogen-bond donors (Lipinski definition) is 4. The van der Waals surface area contributed by atoms with Gasteiger partial charge in [-0.3, -0.25) is 14.4 Å². The van der Waals surface area contributed by atoms with E-state index in [1.165, 1.54) is 13.8 Å². The highest BCUT2D eigenvalue weighted by molar-refractivity contribution is 5.91. The van der Waals surface area contributed by atoms with E-state index in [1.54, 1.807) is 0 Å². The number of carboxylic acids is 1. The van der Waals surface area contributed by atoms with Gasteiger partial charge in [0, 0.05) is 43.4 Å². The van der Waals surface area contributed by atoms with Gasteiger partial charge in [-0.25, -0.2) is 14.4 Å². The summed E-state index contributed by atoms with van der Waals surface area (Å²) in [4.78, 5) is 70.0. The molecule has 0 saturated carbocycles. The number of carboxylic acid groups (broad SMARTS) is 1. The fourth-order valence-electron chi connectivity index (χ4n) is 2.51. The lowest BCUT2D eigenvalue weighted by Gasteiger charge is -2.15. The number of Topliss-reactive ketones (excluding diaryl/α,β-unsaturated/α-hetero) is 1.